The summed E-state index contributed by atoms with van der Waals surface area (Å²) in [5.74, 6) is 1.21. The lowest BCUT2D eigenvalue weighted by Gasteiger charge is -2.20. The quantitative estimate of drug-likeness (QED) is 0.912. The summed E-state index contributed by atoms with van der Waals surface area (Å²) in [4.78, 5) is 17.1. The summed E-state index contributed by atoms with van der Waals surface area (Å²) in [5.41, 5.74) is 1.30. The summed E-state index contributed by atoms with van der Waals surface area (Å²) in [5, 5.41) is 11.9. The van der Waals surface area contributed by atoms with Gasteiger partial charge in [0.2, 0.25) is 0 Å². The van der Waals surface area contributed by atoms with E-state index in [4.69, 9.17) is 5.11 Å². The lowest BCUT2D eigenvalue weighted by molar-refractivity contribution is 0.0919. The van der Waals surface area contributed by atoms with Gasteiger partial charge in [0.05, 0.1) is 12.1 Å². The third-order valence-corrected chi connectivity index (χ3v) is 4.41. The van der Waals surface area contributed by atoms with Crippen molar-refractivity contribution in [3.63, 3.8) is 0 Å². The Morgan fingerprint density at radius 1 is 1.41 bits per heavy atom. The molecule has 1 atom stereocenters. The zero-order valence-corrected chi connectivity index (χ0v) is 13.0. The Bertz CT molecular complexity index is 659. The Morgan fingerprint density at radius 2 is 2.18 bits per heavy atom. The Balaban J connectivity index is 1.98. The van der Waals surface area contributed by atoms with Gasteiger partial charge in [0.25, 0.3) is 5.91 Å². The molecule has 3 rings (SSSR count). The second-order valence-electron chi connectivity index (χ2n) is 6.17. The van der Waals surface area contributed by atoms with E-state index in [1.165, 1.54) is 19.3 Å². The molecular weight excluding hydrogens is 278 g/mol. The minimum Gasteiger partial charge on any atom is -0.394 e. The Kier molecular flexibility index (Phi) is 4.43. The average molecular weight is 301 g/mol. The molecule has 0 saturated heterocycles. The molecule has 1 saturated carbocycles. The monoisotopic (exact) mass is 301 g/mol. The molecule has 0 radical (unpaired) electrons. The van der Waals surface area contributed by atoms with E-state index in [0.717, 1.165) is 24.2 Å². The topological polar surface area (TPSA) is 66.6 Å². The Hall–Kier alpha value is -1.88. The number of pyridine rings is 1. The van der Waals surface area contributed by atoms with Crippen LogP contribution >= 0.6 is 0 Å². The number of hydrogen-bond acceptors (Lipinski definition) is 3. The highest BCUT2D eigenvalue weighted by atomic mass is 16.3. The fourth-order valence-corrected chi connectivity index (χ4v) is 3.22. The van der Waals surface area contributed by atoms with Crippen LogP contribution in [0.1, 0.15) is 61.3 Å². The number of carbonyl (C=O) groups excluding carboxylic acids is 1. The van der Waals surface area contributed by atoms with E-state index >= 15 is 0 Å². The molecule has 0 spiro atoms. The van der Waals surface area contributed by atoms with Gasteiger partial charge < -0.3 is 14.8 Å². The fraction of sp³-hybridized carbons (Fsp3) is 0.529. The molecule has 1 unspecified atom stereocenters. The summed E-state index contributed by atoms with van der Waals surface area (Å²) in [7, 11) is 0. The van der Waals surface area contributed by atoms with Crippen molar-refractivity contribution >= 4 is 11.4 Å². The van der Waals surface area contributed by atoms with Crippen LogP contribution in [-0.2, 0) is 0 Å². The van der Waals surface area contributed by atoms with Gasteiger partial charge in [-0.1, -0.05) is 25.3 Å². The number of nitrogens with zero attached hydrogens (tertiary/aromatic N) is 2. The zero-order valence-electron chi connectivity index (χ0n) is 13.0. The van der Waals surface area contributed by atoms with Gasteiger partial charge in [0, 0.05) is 18.2 Å². The molecule has 1 aliphatic carbocycles. The van der Waals surface area contributed by atoms with Crippen LogP contribution in [0.5, 0.6) is 0 Å². The number of rotatable bonds is 4. The van der Waals surface area contributed by atoms with Crippen LogP contribution in [0.15, 0.2) is 24.4 Å². The Labute approximate surface area is 130 Å². The molecule has 22 heavy (non-hydrogen) atoms. The molecule has 2 aromatic rings. The molecule has 1 fully saturated rings. The van der Waals surface area contributed by atoms with Crippen LogP contribution in [0.4, 0.5) is 0 Å². The summed E-state index contributed by atoms with van der Waals surface area (Å²) < 4.78 is 2.05. The van der Waals surface area contributed by atoms with Crippen molar-refractivity contribution in [2.75, 3.05) is 6.61 Å². The van der Waals surface area contributed by atoms with E-state index in [1.807, 2.05) is 24.4 Å². The largest absolute Gasteiger partial charge is 0.394 e. The number of nitrogens with one attached hydrogen (secondary N) is 1. The summed E-state index contributed by atoms with van der Waals surface area (Å²) in [6.45, 7) is 1.70. The van der Waals surface area contributed by atoms with Crippen molar-refractivity contribution in [3.05, 3.63) is 35.9 Å². The van der Waals surface area contributed by atoms with E-state index in [0.29, 0.717) is 11.6 Å². The SMILES string of the molecule is CC(CO)NC(=O)c1nc(C2CCCCC2)n2ccccc12. The van der Waals surface area contributed by atoms with Crippen molar-refractivity contribution < 1.29 is 9.90 Å². The fourth-order valence-electron chi connectivity index (χ4n) is 3.22. The number of fused-ring (bicyclic) bond motifs is 1. The number of imidazole rings is 1. The first kappa shape index (κ1) is 15.0. The van der Waals surface area contributed by atoms with E-state index in [1.54, 1.807) is 6.92 Å². The molecular formula is C17H23N3O2. The third kappa shape index (κ3) is 2.86. The standard InChI is InChI=1S/C17H23N3O2/c1-12(11-21)18-17(22)15-14-9-5-6-10-20(14)16(19-15)13-7-3-2-4-8-13/h5-6,9-10,12-13,21H,2-4,7-8,11H2,1H3,(H,18,22). The second-order valence-corrected chi connectivity index (χ2v) is 6.17. The molecule has 0 aliphatic heterocycles. The number of hydrogen-bond donors (Lipinski definition) is 2. The van der Waals surface area contributed by atoms with Crippen molar-refractivity contribution in [2.45, 2.75) is 51.0 Å². The second kappa shape index (κ2) is 6.48. The maximum absolute atomic E-state index is 12.4. The van der Waals surface area contributed by atoms with Crippen LogP contribution in [0.2, 0.25) is 0 Å². The lowest BCUT2D eigenvalue weighted by atomic mass is 9.89. The molecule has 1 amide bonds. The van der Waals surface area contributed by atoms with Gasteiger partial charge in [-0.2, -0.15) is 0 Å². The van der Waals surface area contributed by atoms with Gasteiger partial charge in [-0.25, -0.2) is 4.98 Å². The first-order valence-corrected chi connectivity index (χ1v) is 8.09. The maximum atomic E-state index is 12.4. The molecule has 5 nitrogen and oxygen atoms in total. The van der Waals surface area contributed by atoms with Gasteiger partial charge in [0.15, 0.2) is 5.69 Å². The van der Waals surface area contributed by atoms with Crippen molar-refractivity contribution in [1.29, 1.82) is 0 Å². The molecule has 118 valence electrons. The van der Waals surface area contributed by atoms with Crippen LogP contribution in [-0.4, -0.2) is 33.0 Å². The van der Waals surface area contributed by atoms with Crippen molar-refractivity contribution in [3.8, 4) is 0 Å². The van der Waals surface area contributed by atoms with Gasteiger partial charge in [0.1, 0.15) is 5.82 Å². The maximum Gasteiger partial charge on any atom is 0.272 e. The predicted octanol–water partition coefficient (Wildman–Crippen LogP) is 2.49. The zero-order chi connectivity index (χ0) is 15.5. The van der Waals surface area contributed by atoms with Crippen LogP contribution in [0.3, 0.4) is 0 Å². The number of aliphatic hydroxyl groups is 1. The Morgan fingerprint density at radius 3 is 2.91 bits per heavy atom. The lowest BCUT2D eigenvalue weighted by Crippen LogP contribution is -2.35. The predicted molar refractivity (Wildman–Crippen MR) is 85.0 cm³/mol. The summed E-state index contributed by atoms with van der Waals surface area (Å²) in [6, 6.07) is 5.55. The van der Waals surface area contributed by atoms with Crippen LogP contribution < -0.4 is 5.32 Å². The minimum atomic E-state index is -0.272. The van der Waals surface area contributed by atoms with Gasteiger partial charge in [-0.3, -0.25) is 4.79 Å². The molecule has 0 bridgehead atoms. The molecule has 0 aromatic carbocycles. The first-order chi connectivity index (χ1) is 10.7. The first-order valence-electron chi connectivity index (χ1n) is 8.09. The van der Waals surface area contributed by atoms with Gasteiger partial charge in [-0.05, 0) is 31.9 Å². The van der Waals surface area contributed by atoms with Gasteiger partial charge in [-0.15, -0.1) is 0 Å². The summed E-state index contributed by atoms with van der Waals surface area (Å²) in [6.07, 6.45) is 8.02. The molecule has 2 aromatic heterocycles. The van der Waals surface area contributed by atoms with E-state index < -0.39 is 0 Å². The molecule has 5 heteroatoms. The van der Waals surface area contributed by atoms with E-state index in [9.17, 15) is 4.79 Å². The third-order valence-electron chi connectivity index (χ3n) is 4.41. The number of aromatic nitrogens is 2. The molecule has 2 heterocycles. The van der Waals surface area contributed by atoms with E-state index in [2.05, 4.69) is 14.7 Å². The van der Waals surface area contributed by atoms with Crippen LogP contribution in [0, 0.1) is 0 Å². The number of carbonyl (C=O) groups is 1. The highest BCUT2D eigenvalue weighted by molar-refractivity contribution is 5.99. The molecule has 1 aliphatic rings. The molecule has 2 N–H and O–H groups in total. The minimum absolute atomic E-state index is 0.0764. The number of aliphatic hydroxyl groups excluding tert-OH is 1. The van der Waals surface area contributed by atoms with Crippen LogP contribution in [0.25, 0.3) is 5.52 Å². The van der Waals surface area contributed by atoms with E-state index in [-0.39, 0.29) is 18.6 Å². The average Bonchev–Trinajstić information content (AvgIpc) is 2.95. The van der Waals surface area contributed by atoms with Crippen molar-refractivity contribution in [1.82, 2.24) is 14.7 Å². The number of amides is 1. The smallest absolute Gasteiger partial charge is 0.272 e. The normalized spacial score (nSPS) is 17.5. The van der Waals surface area contributed by atoms with Gasteiger partial charge >= 0.3 is 0 Å². The summed E-state index contributed by atoms with van der Waals surface area (Å²) >= 11 is 0. The highest BCUT2D eigenvalue weighted by Gasteiger charge is 2.24. The van der Waals surface area contributed by atoms with Crippen molar-refractivity contribution in [2.24, 2.45) is 0 Å². The highest BCUT2D eigenvalue weighted by Crippen LogP contribution is 2.33.